The molecule has 2 aliphatic rings. The second-order valence-electron chi connectivity index (χ2n) is 7.52. The lowest BCUT2D eigenvalue weighted by Crippen LogP contribution is -2.54. The molecule has 0 aliphatic carbocycles. The van der Waals surface area contributed by atoms with Crippen LogP contribution in [0.15, 0.2) is 18.3 Å². The maximum Gasteiger partial charge on any atom is 0.222 e. The molecule has 1 aromatic rings. The van der Waals surface area contributed by atoms with Crippen molar-refractivity contribution in [1.29, 1.82) is 0 Å². The summed E-state index contributed by atoms with van der Waals surface area (Å²) < 4.78 is 5.14. The maximum atomic E-state index is 12.3. The van der Waals surface area contributed by atoms with Crippen LogP contribution in [0.5, 0.6) is 0 Å². The lowest BCUT2D eigenvalue weighted by Gasteiger charge is -2.48. The van der Waals surface area contributed by atoms with E-state index in [2.05, 4.69) is 20.9 Å². The number of piperidine rings is 2. The van der Waals surface area contributed by atoms with E-state index in [1.165, 1.54) is 12.8 Å². The second kappa shape index (κ2) is 8.15. The van der Waals surface area contributed by atoms with Crippen molar-refractivity contribution in [3.8, 4) is 0 Å². The van der Waals surface area contributed by atoms with E-state index in [0.717, 1.165) is 51.1 Å². The Hall–Kier alpha value is -1.66. The summed E-state index contributed by atoms with van der Waals surface area (Å²) in [5, 5.41) is 0. The Morgan fingerprint density at radius 3 is 3.04 bits per heavy atom. The first kappa shape index (κ1) is 18.1. The number of methoxy groups -OCH3 is 1. The van der Waals surface area contributed by atoms with Crippen LogP contribution in [-0.4, -0.2) is 60.6 Å². The van der Waals surface area contributed by atoms with Gasteiger partial charge in [-0.15, -0.1) is 0 Å². The second-order valence-corrected chi connectivity index (χ2v) is 7.52. The van der Waals surface area contributed by atoms with Crippen LogP contribution in [0.2, 0.25) is 0 Å². The van der Waals surface area contributed by atoms with Crippen molar-refractivity contribution in [1.82, 2.24) is 14.8 Å². The predicted octanol–water partition coefficient (Wildman–Crippen LogP) is 1.90. The largest absolute Gasteiger partial charge is 0.385 e. The number of nitrogen functional groups attached to an aromatic ring is 1. The molecule has 1 amide bonds. The molecule has 3 heterocycles. The Kier molecular flexibility index (Phi) is 5.91. The number of carbonyl (C=O) groups excluding carboxylic acids is 1. The highest BCUT2D eigenvalue weighted by atomic mass is 16.5. The summed E-state index contributed by atoms with van der Waals surface area (Å²) in [6.45, 7) is 5.38. The third kappa shape index (κ3) is 4.50. The zero-order valence-corrected chi connectivity index (χ0v) is 15.2. The highest BCUT2D eigenvalue weighted by molar-refractivity contribution is 5.77. The quantitative estimate of drug-likeness (QED) is 0.797. The number of carbonyl (C=O) groups is 1. The summed E-state index contributed by atoms with van der Waals surface area (Å²) in [5.41, 5.74) is 7.35. The fourth-order valence-electron chi connectivity index (χ4n) is 4.31. The van der Waals surface area contributed by atoms with Crippen molar-refractivity contribution >= 4 is 11.7 Å². The Labute approximate surface area is 150 Å². The first-order chi connectivity index (χ1) is 12.1. The summed E-state index contributed by atoms with van der Waals surface area (Å²) in [6, 6.07) is 4.01. The number of nitrogens with zero attached hydrogens (tertiary/aromatic N) is 3. The first-order valence-electron chi connectivity index (χ1n) is 9.30. The van der Waals surface area contributed by atoms with E-state index in [4.69, 9.17) is 10.5 Å². The van der Waals surface area contributed by atoms with Crippen LogP contribution in [0.4, 0.5) is 5.82 Å². The first-order valence-corrected chi connectivity index (χ1v) is 9.30. The molecule has 2 fully saturated rings. The van der Waals surface area contributed by atoms with Crippen molar-refractivity contribution in [2.75, 3.05) is 45.6 Å². The Morgan fingerprint density at radius 2 is 2.24 bits per heavy atom. The number of hydrogen-bond donors (Lipinski definition) is 1. The lowest BCUT2D eigenvalue weighted by atomic mass is 9.73. The van der Waals surface area contributed by atoms with Crippen LogP contribution in [0.1, 0.15) is 37.7 Å². The molecule has 25 heavy (non-hydrogen) atoms. The monoisotopic (exact) mass is 346 g/mol. The molecule has 1 atom stereocenters. The van der Waals surface area contributed by atoms with Gasteiger partial charge in [0.1, 0.15) is 5.82 Å². The highest BCUT2D eigenvalue weighted by Gasteiger charge is 2.41. The van der Waals surface area contributed by atoms with Gasteiger partial charge in [0.15, 0.2) is 0 Å². The van der Waals surface area contributed by atoms with Crippen LogP contribution in [0.3, 0.4) is 0 Å². The molecular weight excluding hydrogens is 316 g/mol. The number of nitrogens with two attached hydrogens (primary N) is 1. The molecule has 1 aromatic heterocycles. The van der Waals surface area contributed by atoms with Crippen LogP contribution in [-0.2, 0) is 16.1 Å². The third-order valence-electron chi connectivity index (χ3n) is 5.59. The number of rotatable bonds is 6. The third-order valence-corrected chi connectivity index (χ3v) is 5.59. The molecule has 1 unspecified atom stereocenters. The van der Waals surface area contributed by atoms with Gasteiger partial charge in [-0.3, -0.25) is 9.69 Å². The zero-order chi connectivity index (χ0) is 17.7. The van der Waals surface area contributed by atoms with Gasteiger partial charge < -0.3 is 15.4 Å². The van der Waals surface area contributed by atoms with Gasteiger partial charge in [0.2, 0.25) is 5.91 Å². The van der Waals surface area contributed by atoms with Crippen molar-refractivity contribution in [2.45, 2.75) is 38.6 Å². The number of pyridine rings is 1. The summed E-state index contributed by atoms with van der Waals surface area (Å²) in [7, 11) is 1.71. The highest BCUT2D eigenvalue weighted by Crippen LogP contribution is 2.39. The van der Waals surface area contributed by atoms with E-state index < -0.39 is 0 Å². The topological polar surface area (TPSA) is 71.7 Å². The number of ether oxygens (including phenoxy) is 1. The van der Waals surface area contributed by atoms with Crippen molar-refractivity contribution in [3.63, 3.8) is 0 Å². The molecular formula is C19H30N4O2. The summed E-state index contributed by atoms with van der Waals surface area (Å²) >= 11 is 0. The van der Waals surface area contributed by atoms with E-state index in [0.29, 0.717) is 24.8 Å². The normalized spacial score (nSPS) is 24.8. The molecule has 138 valence electrons. The van der Waals surface area contributed by atoms with Crippen molar-refractivity contribution in [3.05, 3.63) is 23.9 Å². The molecule has 1 spiro atoms. The molecule has 2 N–H and O–H groups in total. The van der Waals surface area contributed by atoms with Gasteiger partial charge in [-0.2, -0.15) is 0 Å². The molecule has 2 saturated heterocycles. The minimum atomic E-state index is 0.232. The maximum absolute atomic E-state index is 12.3. The smallest absolute Gasteiger partial charge is 0.222 e. The Bertz CT molecular complexity index is 595. The van der Waals surface area contributed by atoms with Crippen LogP contribution < -0.4 is 5.73 Å². The minimum Gasteiger partial charge on any atom is -0.385 e. The summed E-state index contributed by atoms with van der Waals surface area (Å²) in [6.07, 6.45) is 6.72. The van der Waals surface area contributed by atoms with Gasteiger partial charge in [-0.1, -0.05) is 6.07 Å². The van der Waals surface area contributed by atoms with Gasteiger partial charge >= 0.3 is 0 Å². The zero-order valence-electron chi connectivity index (χ0n) is 15.2. The number of aromatic nitrogens is 1. The van der Waals surface area contributed by atoms with Crippen LogP contribution >= 0.6 is 0 Å². The standard InChI is InChI=1S/C19H30N4O2/c1-25-12-4-11-23-15-19(8-6-17(23)24)7-3-10-22(14-19)13-16-5-2-9-21-18(16)20/h2,5,9H,3-4,6-8,10-15H2,1H3,(H2,20,21). The number of amides is 1. The molecule has 6 heteroatoms. The van der Waals surface area contributed by atoms with Gasteiger partial charge in [-0.05, 0) is 38.3 Å². The Balaban J connectivity index is 1.63. The van der Waals surface area contributed by atoms with Crippen molar-refractivity contribution < 1.29 is 9.53 Å². The Morgan fingerprint density at radius 1 is 1.36 bits per heavy atom. The number of anilines is 1. The van der Waals surface area contributed by atoms with E-state index in [-0.39, 0.29) is 5.41 Å². The average Bonchev–Trinajstić information content (AvgIpc) is 2.61. The van der Waals surface area contributed by atoms with Gasteiger partial charge in [0.05, 0.1) is 0 Å². The molecule has 0 aromatic carbocycles. The van der Waals surface area contributed by atoms with E-state index in [9.17, 15) is 4.79 Å². The molecule has 3 rings (SSSR count). The average molecular weight is 346 g/mol. The van der Waals surface area contributed by atoms with E-state index >= 15 is 0 Å². The van der Waals surface area contributed by atoms with E-state index in [1.807, 2.05) is 6.07 Å². The summed E-state index contributed by atoms with van der Waals surface area (Å²) in [5.74, 6) is 0.928. The molecule has 0 bridgehead atoms. The molecule has 0 radical (unpaired) electrons. The fourth-order valence-corrected chi connectivity index (χ4v) is 4.31. The molecule has 0 saturated carbocycles. The van der Waals surface area contributed by atoms with Crippen LogP contribution in [0.25, 0.3) is 0 Å². The van der Waals surface area contributed by atoms with Crippen LogP contribution in [0, 0.1) is 5.41 Å². The van der Waals surface area contributed by atoms with Gasteiger partial charge in [-0.25, -0.2) is 4.98 Å². The molecule has 2 aliphatic heterocycles. The fraction of sp³-hybridized carbons (Fsp3) is 0.684. The SMILES string of the molecule is COCCCN1CC2(CCCN(Cc3cccnc3N)C2)CCC1=O. The predicted molar refractivity (Wildman–Crippen MR) is 97.9 cm³/mol. The van der Waals surface area contributed by atoms with Crippen molar-refractivity contribution in [2.24, 2.45) is 5.41 Å². The molecule has 6 nitrogen and oxygen atoms in total. The van der Waals surface area contributed by atoms with E-state index in [1.54, 1.807) is 13.3 Å². The minimum absolute atomic E-state index is 0.232. The summed E-state index contributed by atoms with van der Waals surface area (Å²) in [4.78, 5) is 21.0. The van der Waals surface area contributed by atoms with Gasteiger partial charge in [0.25, 0.3) is 0 Å². The lowest BCUT2D eigenvalue weighted by molar-refractivity contribution is -0.139. The number of hydrogen-bond acceptors (Lipinski definition) is 5. The van der Waals surface area contributed by atoms with Gasteiger partial charge in [0, 0.05) is 63.5 Å². The number of likely N-dealkylation sites (tertiary alicyclic amines) is 2.